The van der Waals surface area contributed by atoms with Crippen LogP contribution in [0.5, 0.6) is 0 Å². The van der Waals surface area contributed by atoms with Gasteiger partial charge in [-0.15, -0.1) is 0 Å². The molecule has 0 bridgehead atoms. The average Bonchev–Trinajstić information content (AvgIpc) is 2.62. The van der Waals surface area contributed by atoms with E-state index in [0.717, 1.165) is 11.4 Å². The van der Waals surface area contributed by atoms with Crippen molar-refractivity contribution in [2.75, 3.05) is 0 Å². The smallest absolute Gasteiger partial charge is 0.356 e. The minimum absolute atomic E-state index is 0.0911. The van der Waals surface area contributed by atoms with Crippen LogP contribution in [0.3, 0.4) is 0 Å². The normalized spacial score (nSPS) is 10.3. The van der Waals surface area contributed by atoms with E-state index in [1.165, 1.54) is 6.20 Å². The molecule has 1 aromatic carbocycles. The van der Waals surface area contributed by atoms with Gasteiger partial charge >= 0.3 is 5.97 Å². The highest BCUT2D eigenvalue weighted by atomic mass is 16.4. The quantitative estimate of drug-likeness (QED) is 0.849. The van der Waals surface area contributed by atoms with Gasteiger partial charge in [0.15, 0.2) is 5.69 Å². The minimum Gasteiger partial charge on any atom is -0.476 e. The van der Waals surface area contributed by atoms with Crippen LogP contribution in [0.1, 0.15) is 21.9 Å². The highest BCUT2D eigenvalue weighted by Gasteiger charge is 2.10. The first kappa shape index (κ1) is 10.4. The second-order valence-electron chi connectivity index (χ2n) is 3.62. The van der Waals surface area contributed by atoms with Crippen molar-refractivity contribution in [1.82, 2.24) is 9.55 Å². The number of hydrogen-bond acceptors (Lipinski definition) is 2. The number of carboxylic acid groups (broad SMARTS) is 1. The molecule has 0 saturated heterocycles. The van der Waals surface area contributed by atoms with Crippen LogP contribution >= 0.6 is 0 Å². The predicted molar refractivity (Wildman–Crippen MR) is 59.4 cm³/mol. The summed E-state index contributed by atoms with van der Waals surface area (Å²) in [5.74, 6) is -0.237. The van der Waals surface area contributed by atoms with Gasteiger partial charge < -0.3 is 9.67 Å². The molecule has 0 amide bonds. The molecule has 0 aliphatic carbocycles. The van der Waals surface area contributed by atoms with Crippen LogP contribution in [0, 0.1) is 0 Å². The highest BCUT2D eigenvalue weighted by molar-refractivity contribution is 5.85. The third-order valence-corrected chi connectivity index (χ3v) is 2.40. The van der Waals surface area contributed by atoms with Crippen LogP contribution in [0.2, 0.25) is 0 Å². The maximum Gasteiger partial charge on any atom is 0.356 e. The molecule has 0 spiro atoms. The Balaban J connectivity index is 2.25. The Morgan fingerprint density at radius 1 is 1.38 bits per heavy atom. The van der Waals surface area contributed by atoms with Crippen molar-refractivity contribution in [2.45, 2.75) is 6.42 Å². The number of hydrogen-bond donors (Lipinski definition) is 1. The zero-order valence-corrected chi connectivity index (χ0v) is 8.92. The standard InChI is InChI=1S/C12H12N2O2/c1-14-8-10(12(15)16)13-11(14)7-9-5-3-2-4-6-9/h2-6,8H,7H2,1H3,(H,15,16). The lowest BCUT2D eigenvalue weighted by molar-refractivity contribution is 0.0691. The van der Waals surface area contributed by atoms with Crippen LogP contribution in [0.4, 0.5) is 0 Å². The molecule has 1 heterocycles. The summed E-state index contributed by atoms with van der Waals surface area (Å²) in [5, 5.41) is 8.81. The maximum absolute atomic E-state index is 10.7. The van der Waals surface area contributed by atoms with E-state index < -0.39 is 5.97 Å². The molecule has 2 aromatic rings. The third-order valence-electron chi connectivity index (χ3n) is 2.40. The number of nitrogens with zero attached hydrogens (tertiary/aromatic N) is 2. The number of aromatic carboxylic acids is 1. The Morgan fingerprint density at radius 3 is 2.62 bits per heavy atom. The number of carbonyl (C=O) groups is 1. The maximum atomic E-state index is 10.7. The van der Waals surface area contributed by atoms with Crippen molar-refractivity contribution in [1.29, 1.82) is 0 Å². The molecule has 1 N–H and O–H groups in total. The zero-order valence-electron chi connectivity index (χ0n) is 8.92. The van der Waals surface area contributed by atoms with Crippen molar-refractivity contribution in [3.63, 3.8) is 0 Å². The molecule has 0 atom stereocenters. The van der Waals surface area contributed by atoms with Crippen LogP contribution in [-0.2, 0) is 13.5 Å². The molecule has 82 valence electrons. The summed E-state index contributed by atoms with van der Waals surface area (Å²) in [7, 11) is 1.80. The van der Waals surface area contributed by atoms with Gasteiger partial charge in [0, 0.05) is 19.7 Å². The van der Waals surface area contributed by atoms with E-state index in [1.807, 2.05) is 30.3 Å². The lowest BCUT2D eigenvalue weighted by Gasteiger charge is -2.00. The van der Waals surface area contributed by atoms with Crippen LogP contribution < -0.4 is 0 Å². The molecule has 0 unspecified atom stereocenters. The van der Waals surface area contributed by atoms with Gasteiger partial charge in [-0.1, -0.05) is 30.3 Å². The van der Waals surface area contributed by atoms with E-state index in [1.54, 1.807) is 11.6 Å². The Hall–Kier alpha value is -2.10. The van der Waals surface area contributed by atoms with Crippen molar-refractivity contribution >= 4 is 5.97 Å². The summed E-state index contributed by atoms with van der Waals surface area (Å²) in [6.07, 6.45) is 2.17. The fraction of sp³-hybridized carbons (Fsp3) is 0.167. The monoisotopic (exact) mass is 216 g/mol. The number of carboxylic acids is 1. The van der Waals surface area contributed by atoms with E-state index in [0.29, 0.717) is 6.42 Å². The summed E-state index contributed by atoms with van der Waals surface area (Å²) >= 11 is 0. The molecule has 0 radical (unpaired) electrons. The van der Waals surface area contributed by atoms with E-state index in [9.17, 15) is 4.79 Å². The Labute approximate surface area is 93.2 Å². The first-order valence-corrected chi connectivity index (χ1v) is 4.96. The van der Waals surface area contributed by atoms with Crippen LogP contribution in [0.15, 0.2) is 36.5 Å². The molecule has 1 aromatic heterocycles. The van der Waals surface area contributed by atoms with Gasteiger partial charge in [-0.05, 0) is 5.56 Å². The number of benzene rings is 1. The summed E-state index contributed by atoms with van der Waals surface area (Å²) in [6.45, 7) is 0. The number of imidazole rings is 1. The molecule has 0 aliphatic heterocycles. The van der Waals surface area contributed by atoms with Crippen molar-refractivity contribution in [2.24, 2.45) is 7.05 Å². The first-order valence-electron chi connectivity index (χ1n) is 4.96. The summed E-state index contributed by atoms with van der Waals surface area (Å²) < 4.78 is 1.75. The molecule has 0 fully saturated rings. The largest absolute Gasteiger partial charge is 0.476 e. The van der Waals surface area contributed by atoms with Gasteiger partial charge in [0.2, 0.25) is 0 Å². The van der Waals surface area contributed by atoms with E-state index in [-0.39, 0.29) is 5.69 Å². The van der Waals surface area contributed by atoms with Gasteiger partial charge in [-0.25, -0.2) is 9.78 Å². The summed E-state index contributed by atoms with van der Waals surface area (Å²) in [6, 6.07) is 9.85. The lowest BCUT2D eigenvalue weighted by Crippen LogP contribution is -1.98. The topological polar surface area (TPSA) is 55.1 Å². The fourth-order valence-corrected chi connectivity index (χ4v) is 1.55. The van der Waals surface area contributed by atoms with Gasteiger partial charge in [0.25, 0.3) is 0 Å². The second kappa shape index (κ2) is 4.18. The summed E-state index contributed by atoms with van der Waals surface area (Å²) in [5.41, 5.74) is 1.21. The Bertz CT molecular complexity index is 503. The van der Waals surface area contributed by atoms with E-state index >= 15 is 0 Å². The van der Waals surface area contributed by atoms with E-state index in [4.69, 9.17) is 5.11 Å². The van der Waals surface area contributed by atoms with Gasteiger partial charge in [-0.2, -0.15) is 0 Å². The van der Waals surface area contributed by atoms with Crippen LogP contribution in [-0.4, -0.2) is 20.6 Å². The minimum atomic E-state index is -0.991. The first-order chi connectivity index (χ1) is 7.66. The van der Waals surface area contributed by atoms with Gasteiger partial charge in [0.1, 0.15) is 5.82 Å². The summed E-state index contributed by atoms with van der Waals surface area (Å²) in [4.78, 5) is 14.8. The van der Waals surface area contributed by atoms with Crippen LogP contribution in [0.25, 0.3) is 0 Å². The molecular formula is C12H12N2O2. The van der Waals surface area contributed by atoms with Crippen molar-refractivity contribution < 1.29 is 9.90 Å². The van der Waals surface area contributed by atoms with Gasteiger partial charge in [0.05, 0.1) is 0 Å². The number of aromatic nitrogens is 2. The zero-order chi connectivity index (χ0) is 11.5. The highest BCUT2D eigenvalue weighted by Crippen LogP contribution is 2.08. The SMILES string of the molecule is Cn1cc(C(=O)O)nc1Cc1ccccc1. The lowest BCUT2D eigenvalue weighted by atomic mass is 10.1. The molecule has 16 heavy (non-hydrogen) atoms. The third kappa shape index (κ3) is 2.11. The Morgan fingerprint density at radius 2 is 2.06 bits per heavy atom. The number of rotatable bonds is 3. The molecule has 2 rings (SSSR count). The number of aryl methyl sites for hydroxylation is 1. The molecule has 4 nitrogen and oxygen atoms in total. The second-order valence-corrected chi connectivity index (χ2v) is 3.62. The van der Waals surface area contributed by atoms with E-state index in [2.05, 4.69) is 4.98 Å². The average molecular weight is 216 g/mol. The molecule has 0 aliphatic rings. The predicted octanol–water partition coefficient (Wildman–Crippen LogP) is 1.71. The molecular weight excluding hydrogens is 204 g/mol. The van der Waals surface area contributed by atoms with Crippen molar-refractivity contribution in [3.8, 4) is 0 Å². The Kier molecular flexibility index (Phi) is 2.72. The fourth-order valence-electron chi connectivity index (χ4n) is 1.55. The van der Waals surface area contributed by atoms with Gasteiger partial charge in [-0.3, -0.25) is 0 Å². The molecule has 0 saturated carbocycles. The van der Waals surface area contributed by atoms with Crippen molar-refractivity contribution in [3.05, 3.63) is 53.6 Å². The molecule has 4 heteroatoms.